The first-order valence-corrected chi connectivity index (χ1v) is 10.1. The highest BCUT2D eigenvalue weighted by atomic mass is 32.2. The van der Waals surface area contributed by atoms with E-state index >= 15 is 0 Å². The average molecular weight is 375 g/mol. The van der Waals surface area contributed by atoms with Crippen molar-refractivity contribution < 1.29 is 17.9 Å². The van der Waals surface area contributed by atoms with Crippen LogP contribution in [-0.2, 0) is 19.4 Å². The molecule has 144 valence electrons. The first kappa shape index (κ1) is 19.9. The second kappa shape index (κ2) is 7.08. The lowest BCUT2D eigenvalue weighted by atomic mass is 10.0. The van der Waals surface area contributed by atoms with E-state index in [9.17, 15) is 13.2 Å². The van der Waals surface area contributed by atoms with Crippen LogP contribution in [0, 0.1) is 5.92 Å². The van der Waals surface area contributed by atoms with Crippen molar-refractivity contribution in [2.75, 3.05) is 19.0 Å². The lowest BCUT2D eigenvalue weighted by Gasteiger charge is -2.30. The van der Waals surface area contributed by atoms with Crippen molar-refractivity contribution in [2.24, 2.45) is 11.0 Å². The third-order valence-corrected chi connectivity index (χ3v) is 7.15. The highest BCUT2D eigenvalue weighted by Crippen LogP contribution is 2.25. The Kier molecular flexibility index (Phi) is 5.65. The molecular formula is C15H29N5O4S. The smallest absolute Gasteiger partial charge is 0.247 e. The molecule has 3 N–H and O–H groups in total. The van der Waals surface area contributed by atoms with Crippen LogP contribution in [-0.4, -0.2) is 54.7 Å². The molecule has 9 nitrogen and oxygen atoms in total. The molecule has 0 aromatic heterocycles. The van der Waals surface area contributed by atoms with E-state index in [0.717, 1.165) is 0 Å². The van der Waals surface area contributed by atoms with Gasteiger partial charge in [0.1, 0.15) is 4.75 Å². The Morgan fingerprint density at radius 2 is 1.88 bits per heavy atom. The second-order valence-corrected chi connectivity index (χ2v) is 10.6. The Bertz CT molecular complexity index is 633. The number of amides is 1. The summed E-state index contributed by atoms with van der Waals surface area (Å²) in [6.07, 6.45) is 1.41. The van der Waals surface area contributed by atoms with Crippen LogP contribution < -0.4 is 16.3 Å². The van der Waals surface area contributed by atoms with Crippen LogP contribution in [0.3, 0.4) is 0 Å². The molecule has 0 aromatic carbocycles. The zero-order valence-corrected chi connectivity index (χ0v) is 16.4. The Morgan fingerprint density at radius 3 is 2.40 bits per heavy atom. The van der Waals surface area contributed by atoms with Crippen LogP contribution in [0.4, 0.5) is 0 Å². The highest BCUT2D eigenvalue weighted by molar-refractivity contribution is 7.93. The maximum atomic E-state index is 12.8. The molecule has 0 bridgehead atoms. The monoisotopic (exact) mass is 375 g/mol. The van der Waals surface area contributed by atoms with Gasteiger partial charge in [0.2, 0.25) is 11.9 Å². The van der Waals surface area contributed by atoms with Crippen molar-refractivity contribution in [1.29, 1.82) is 0 Å². The number of carbonyl (C=O) groups excluding carboxylic acids is 1. The summed E-state index contributed by atoms with van der Waals surface area (Å²) in [6.45, 7) is 9.87. The Labute approximate surface area is 149 Å². The molecule has 2 heterocycles. The van der Waals surface area contributed by atoms with Crippen LogP contribution in [0.15, 0.2) is 5.10 Å². The van der Waals surface area contributed by atoms with E-state index in [0.29, 0.717) is 26.1 Å². The maximum absolute atomic E-state index is 12.8. The minimum Gasteiger partial charge on any atom is -0.381 e. The van der Waals surface area contributed by atoms with Crippen molar-refractivity contribution in [3.63, 3.8) is 0 Å². The van der Waals surface area contributed by atoms with E-state index < -0.39 is 20.5 Å². The van der Waals surface area contributed by atoms with Crippen LogP contribution in [0.25, 0.3) is 0 Å². The van der Waals surface area contributed by atoms with Gasteiger partial charge in [-0.2, -0.15) is 0 Å². The molecule has 0 atom stereocenters. The van der Waals surface area contributed by atoms with Gasteiger partial charge in [0.15, 0.2) is 9.84 Å². The van der Waals surface area contributed by atoms with Crippen molar-refractivity contribution in [3.8, 4) is 0 Å². The molecule has 1 saturated heterocycles. The number of hydrazone groups is 1. The van der Waals surface area contributed by atoms with E-state index in [4.69, 9.17) is 4.74 Å². The lowest BCUT2D eigenvalue weighted by Crippen LogP contribution is -2.58. The molecule has 25 heavy (non-hydrogen) atoms. The van der Waals surface area contributed by atoms with Crippen molar-refractivity contribution in [3.05, 3.63) is 0 Å². The number of hydrogen-bond acceptors (Lipinski definition) is 8. The molecule has 10 heteroatoms. The maximum Gasteiger partial charge on any atom is 0.247 e. The third-order valence-electron chi connectivity index (χ3n) is 4.50. The molecule has 1 fully saturated rings. The van der Waals surface area contributed by atoms with E-state index in [2.05, 4.69) is 21.4 Å². The summed E-state index contributed by atoms with van der Waals surface area (Å²) in [5.74, 6) is -0.410. The predicted molar refractivity (Wildman–Crippen MR) is 94.8 cm³/mol. The summed E-state index contributed by atoms with van der Waals surface area (Å²) >= 11 is 0. The van der Waals surface area contributed by atoms with Gasteiger partial charge in [-0.15, -0.1) is 10.2 Å². The predicted octanol–water partition coefficient (Wildman–Crippen LogP) is 0.117. The Hall–Kier alpha value is -1.39. The van der Waals surface area contributed by atoms with Crippen molar-refractivity contribution >= 4 is 21.7 Å². The van der Waals surface area contributed by atoms with Gasteiger partial charge in [0.25, 0.3) is 0 Å². The largest absolute Gasteiger partial charge is 0.381 e. The van der Waals surface area contributed by atoms with Gasteiger partial charge >= 0.3 is 0 Å². The fourth-order valence-electron chi connectivity index (χ4n) is 2.46. The Morgan fingerprint density at radius 1 is 1.28 bits per heavy atom. The van der Waals surface area contributed by atoms with E-state index in [1.54, 1.807) is 5.12 Å². The summed E-state index contributed by atoms with van der Waals surface area (Å²) < 4.78 is 29.3. The Balaban J connectivity index is 1.99. The second-order valence-electron chi connectivity index (χ2n) is 7.98. The minimum absolute atomic E-state index is 0.0109. The third kappa shape index (κ3) is 4.62. The number of hydrogen-bond donors (Lipinski definition) is 3. The molecule has 2 aliphatic rings. The number of guanidine groups is 1. The molecule has 0 saturated carbocycles. The molecule has 0 aliphatic carbocycles. The summed E-state index contributed by atoms with van der Waals surface area (Å²) in [4.78, 5) is 12.6. The summed E-state index contributed by atoms with van der Waals surface area (Å²) in [5, 5.41) is 8.15. The van der Waals surface area contributed by atoms with Crippen LogP contribution in [0.5, 0.6) is 0 Å². The van der Waals surface area contributed by atoms with Gasteiger partial charge in [0, 0.05) is 13.2 Å². The first-order valence-electron chi connectivity index (χ1n) is 8.45. The molecule has 0 aromatic rings. The number of rotatable bonds is 4. The fraction of sp³-hybridized carbons (Fsp3) is 0.867. The van der Waals surface area contributed by atoms with Crippen LogP contribution in [0.2, 0.25) is 0 Å². The van der Waals surface area contributed by atoms with E-state index in [1.165, 1.54) is 13.8 Å². The molecular weight excluding hydrogens is 346 g/mol. The van der Waals surface area contributed by atoms with Gasteiger partial charge in [-0.25, -0.2) is 14.0 Å². The summed E-state index contributed by atoms with van der Waals surface area (Å²) in [6, 6.07) is 0. The minimum atomic E-state index is -3.63. The van der Waals surface area contributed by atoms with Gasteiger partial charge in [-0.1, -0.05) is 0 Å². The number of nitrogens with zero attached hydrogens (tertiary/aromatic N) is 2. The molecule has 0 spiro atoms. The average Bonchev–Trinajstić information content (AvgIpc) is 2.96. The summed E-state index contributed by atoms with van der Waals surface area (Å²) in [5.41, 5.74) is 5.36. The SMILES string of the molecule is CC(C)(C)N1NN=C(NC(=O)C(C)(C)S(=O)(=O)CC2CCOCC2)N1. The quantitative estimate of drug-likeness (QED) is 0.640. The van der Waals surface area contributed by atoms with Gasteiger partial charge in [-0.05, 0) is 53.4 Å². The van der Waals surface area contributed by atoms with Gasteiger partial charge in [0.05, 0.1) is 11.3 Å². The van der Waals surface area contributed by atoms with Gasteiger partial charge < -0.3 is 4.74 Å². The normalized spacial score (nSPS) is 20.6. The standard InChI is InChI=1S/C15H29N5O4S/c1-14(2,3)20-18-13(17-19-20)16-12(21)15(4,5)25(22,23)10-11-6-8-24-9-7-11/h11,19H,6-10H2,1-5H3,(H2,16,17,18,21). The first-order chi connectivity index (χ1) is 11.4. The molecule has 0 unspecified atom stereocenters. The van der Waals surface area contributed by atoms with Gasteiger partial charge in [-0.3, -0.25) is 15.5 Å². The highest BCUT2D eigenvalue weighted by Gasteiger charge is 2.43. The van der Waals surface area contributed by atoms with Crippen LogP contribution in [0.1, 0.15) is 47.5 Å². The number of hydrazine groups is 2. The molecule has 2 rings (SSSR count). The number of sulfone groups is 1. The zero-order chi connectivity index (χ0) is 18.9. The zero-order valence-electron chi connectivity index (χ0n) is 15.5. The molecule has 0 radical (unpaired) electrons. The number of carbonyl (C=O) groups is 1. The lowest BCUT2D eigenvalue weighted by molar-refractivity contribution is -0.121. The number of ether oxygens (including phenoxy) is 1. The van der Waals surface area contributed by atoms with Crippen molar-refractivity contribution in [1.82, 2.24) is 21.4 Å². The van der Waals surface area contributed by atoms with Crippen LogP contribution >= 0.6 is 0 Å². The van der Waals surface area contributed by atoms with E-state index in [1.807, 2.05) is 20.8 Å². The number of nitrogens with one attached hydrogen (secondary N) is 3. The topological polar surface area (TPSA) is 112 Å². The molecule has 2 aliphatic heterocycles. The fourth-order valence-corrected chi connectivity index (χ4v) is 4.16. The molecule has 1 amide bonds. The van der Waals surface area contributed by atoms with Crippen molar-refractivity contribution in [2.45, 2.75) is 57.7 Å². The van der Waals surface area contributed by atoms with E-state index in [-0.39, 0.29) is 23.2 Å². The summed E-state index contributed by atoms with van der Waals surface area (Å²) in [7, 11) is -3.63.